The lowest BCUT2D eigenvalue weighted by Crippen LogP contribution is -2.51. The van der Waals surface area contributed by atoms with Crippen molar-refractivity contribution in [1.29, 1.82) is 0 Å². The quantitative estimate of drug-likeness (QED) is 0.832. The summed E-state index contributed by atoms with van der Waals surface area (Å²) >= 11 is 0. The van der Waals surface area contributed by atoms with Gasteiger partial charge < -0.3 is 14.7 Å². The Morgan fingerprint density at radius 3 is 2.53 bits per heavy atom. The number of piperidine rings is 1. The third-order valence-electron chi connectivity index (χ3n) is 4.53. The Kier molecular flexibility index (Phi) is 5.63. The lowest BCUT2D eigenvalue weighted by Gasteiger charge is -2.39. The molecule has 0 radical (unpaired) electrons. The molecule has 3 atom stereocenters. The molecule has 0 aromatic heterocycles. The van der Waals surface area contributed by atoms with Crippen LogP contribution in [-0.2, 0) is 4.74 Å². The molecule has 2 aliphatic heterocycles. The molecular formula is C15H30N2O2. The zero-order valence-corrected chi connectivity index (χ0v) is 12.7. The molecular weight excluding hydrogens is 240 g/mol. The Morgan fingerprint density at radius 2 is 1.84 bits per heavy atom. The summed E-state index contributed by atoms with van der Waals surface area (Å²) in [5, 5.41) is 10.3. The highest BCUT2D eigenvalue weighted by Gasteiger charge is 2.26. The summed E-state index contributed by atoms with van der Waals surface area (Å²) in [4.78, 5) is 4.78. The fraction of sp³-hybridized carbons (Fsp3) is 1.00. The molecule has 112 valence electrons. The first-order chi connectivity index (χ1) is 9.04. The van der Waals surface area contributed by atoms with E-state index in [1.165, 1.54) is 12.8 Å². The van der Waals surface area contributed by atoms with Crippen LogP contribution in [0.2, 0.25) is 0 Å². The summed E-state index contributed by atoms with van der Waals surface area (Å²) in [6.07, 6.45) is 2.61. The van der Waals surface area contributed by atoms with Crippen molar-refractivity contribution in [2.24, 2.45) is 5.92 Å². The van der Waals surface area contributed by atoms with Crippen molar-refractivity contribution in [3.8, 4) is 0 Å². The number of morpholine rings is 1. The smallest absolute Gasteiger partial charge is 0.0793 e. The summed E-state index contributed by atoms with van der Waals surface area (Å²) < 4.78 is 5.63. The molecule has 3 unspecified atom stereocenters. The monoisotopic (exact) mass is 270 g/mol. The second kappa shape index (κ2) is 7.02. The highest BCUT2D eigenvalue weighted by molar-refractivity contribution is 4.79. The van der Waals surface area contributed by atoms with Gasteiger partial charge in [-0.15, -0.1) is 0 Å². The lowest BCUT2D eigenvalue weighted by atomic mass is 9.99. The Hall–Kier alpha value is -0.160. The average molecular weight is 270 g/mol. The van der Waals surface area contributed by atoms with Gasteiger partial charge in [0.05, 0.1) is 18.8 Å². The van der Waals surface area contributed by atoms with Crippen molar-refractivity contribution < 1.29 is 9.84 Å². The van der Waals surface area contributed by atoms with Crippen molar-refractivity contribution in [3.05, 3.63) is 0 Å². The molecule has 2 heterocycles. The molecule has 1 N–H and O–H groups in total. The first-order valence-corrected chi connectivity index (χ1v) is 7.80. The molecule has 0 aromatic carbocycles. The third-order valence-corrected chi connectivity index (χ3v) is 4.53. The first-order valence-electron chi connectivity index (χ1n) is 7.80. The van der Waals surface area contributed by atoms with Gasteiger partial charge in [0, 0.05) is 25.7 Å². The van der Waals surface area contributed by atoms with Crippen molar-refractivity contribution in [2.75, 3.05) is 39.3 Å². The number of hydrogen-bond acceptors (Lipinski definition) is 4. The van der Waals surface area contributed by atoms with Gasteiger partial charge in [-0.05, 0) is 45.7 Å². The van der Waals surface area contributed by atoms with E-state index in [0.29, 0.717) is 12.1 Å². The minimum absolute atomic E-state index is 0.235. The minimum atomic E-state index is -0.235. The van der Waals surface area contributed by atoms with E-state index in [4.69, 9.17) is 4.74 Å². The van der Waals surface area contributed by atoms with Crippen LogP contribution >= 0.6 is 0 Å². The fourth-order valence-electron chi connectivity index (χ4n) is 3.10. The van der Waals surface area contributed by atoms with E-state index in [1.807, 2.05) is 0 Å². The van der Waals surface area contributed by atoms with Crippen LogP contribution in [0.3, 0.4) is 0 Å². The highest BCUT2D eigenvalue weighted by atomic mass is 16.5. The number of β-amino-alcohol motifs (C(OH)–C–C–N with tert-alkyl or cyclic N) is 1. The number of likely N-dealkylation sites (tertiary alicyclic amines) is 1. The summed E-state index contributed by atoms with van der Waals surface area (Å²) in [6.45, 7) is 12.2. The van der Waals surface area contributed by atoms with Crippen LogP contribution in [0, 0.1) is 5.92 Å². The second-order valence-corrected chi connectivity index (χ2v) is 6.58. The number of ether oxygens (including phenoxy) is 1. The molecule has 0 aromatic rings. The maximum Gasteiger partial charge on any atom is 0.0793 e. The molecule has 2 fully saturated rings. The number of rotatable bonds is 4. The molecule has 2 rings (SSSR count). The maximum atomic E-state index is 10.3. The molecule has 0 saturated carbocycles. The van der Waals surface area contributed by atoms with Gasteiger partial charge in [0.15, 0.2) is 0 Å². The summed E-state index contributed by atoms with van der Waals surface area (Å²) in [6, 6.07) is 0.423. The lowest BCUT2D eigenvalue weighted by molar-refractivity contribution is -0.0646. The average Bonchev–Trinajstić information content (AvgIpc) is 2.37. The topological polar surface area (TPSA) is 35.9 Å². The van der Waals surface area contributed by atoms with Gasteiger partial charge in [0.25, 0.3) is 0 Å². The second-order valence-electron chi connectivity index (χ2n) is 6.58. The summed E-state index contributed by atoms with van der Waals surface area (Å²) in [5.41, 5.74) is 0. The van der Waals surface area contributed by atoms with E-state index in [2.05, 4.69) is 30.6 Å². The van der Waals surface area contributed by atoms with Crippen molar-refractivity contribution in [1.82, 2.24) is 9.80 Å². The van der Waals surface area contributed by atoms with Crippen LogP contribution < -0.4 is 0 Å². The van der Waals surface area contributed by atoms with Gasteiger partial charge in [-0.2, -0.15) is 0 Å². The molecule has 2 aliphatic rings. The van der Waals surface area contributed by atoms with Gasteiger partial charge in [-0.3, -0.25) is 4.90 Å². The van der Waals surface area contributed by atoms with E-state index in [1.54, 1.807) is 0 Å². The number of hydrogen-bond donors (Lipinski definition) is 1. The Bertz CT molecular complexity index is 267. The largest absolute Gasteiger partial charge is 0.390 e. The van der Waals surface area contributed by atoms with Gasteiger partial charge in [0.2, 0.25) is 0 Å². The van der Waals surface area contributed by atoms with Gasteiger partial charge in [0.1, 0.15) is 0 Å². The number of aliphatic hydroxyl groups is 1. The molecule has 0 amide bonds. The van der Waals surface area contributed by atoms with E-state index >= 15 is 0 Å². The molecule has 2 saturated heterocycles. The minimum Gasteiger partial charge on any atom is -0.390 e. The normalized spacial score (nSPS) is 33.5. The van der Waals surface area contributed by atoms with Crippen molar-refractivity contribution in [2.45, 2.75) is 51.9 Å². The molecule has 4 nitrogen and oxygen atoms in total. The number of nitrogens with zero attached hydrogens (tertiary/aromatic N) is 2. The van der Waals surface area contributed by atoms with Gasteiger partial charge >= 0.3 is 0 Å². The van der Waals surface area contributed by atoms with Crippen LogP contribution in [0.4, 0.5) is 0 Å². The Labute approximate surface area is 117 Å². The Balaban J connectivity index is 1.72. The zero-order valence-electron chi connectivity index (χ0n) is 12.7. The van der Waals surface area contributed by atoms with Crippen molar-refractivity contribution >= 4 is 0 Å². The van der Waals surface area contributed by atoms with E-state index in [-0.39, 0.29) is 6.10 Å². The molecule has 0 bridgehead atoms. The predicted molar refractivity (Wildman–Crippen MR) is 77.3 cm³/mol. The maximum absolute atomic E-state index is 10.3. The van der Waals surface area contributed by atoms with E-state index < -0.39 is 0 Å². The number of aliphatic hydroxyl groups excluding tert-OH is 1. The standard InChI is InChI=1S/C15H30N2O2/c1-12-4-6-16(7-5-12)9-15(18)10-17-8-14(3)19-11-13(17)2/h12-15,18H,4-11H2,1-3H3. The Morgan fingerprint density at radius 1 is 1.16 bits per heavy atom. The van der Waals surface area contributed by atoms with Crippen LogP contribution in [0.25, 0.3) is 0 Å². The van der Waals surface area contributed by atoms with E-state index in [0.717, 1.165) is 45.2 Å². The van der Waals surface area contributed by atoms with Crippen LogP contribution in [-0.4, -0.2) is 72.5 Å². The summed E-state index contributed by atoms with van der Waals surface area (Å²) in [5.74, 6) is 0.855. The van der Waals surface area contributed by atoms with Gasteiger partial charge in [-0.1, -0.05) is 6.92 Å². The first kappa shape index (κ1) is 15.2. The molecule has 0 aliphatic carbocycles. The molecule has 0 spiro atoms. The van der Waals surface area contributed by atoms with Crippen LogP contribution in [0.1, 0.15) is 33.6 Å². The SMILES string of the molecule is CC1CCN(CC(O)CN2CC(C)OCC2C)CC1. The van der Waals surface area contributed by atoms with E-state index in [9.17, 15) is 5.11 Å². The zero-order chi connectivity index (χ0) is 13.8. The van der Waals surface area contributed by atoms with Crippen molar-refractivity contribution in [3.63, 3.8) is 0 Å². The fourth-order valence-corrected chi connectivity index (χ4v) is 3.10. The molecule has 4 heteroatoms. The van der Waals surface area contributed by atoms with Crippen LogP contribution in [0.15, 0.2) is 0 Å². The highest BCUT2D eigenvalue weighted by Crippen LogP contribution is 2.17. The summed E-state index contributed by atoms with van der Waals surface area (Å²) in [7, 11) is 0. The van der Waals surface area contributed by atoms with Crippen LogP contribution in [0.5, 0.6) is 0 Å². The van der Waals surface area contributed by atoms with Gasteiger partial charge in [-0.25, -0.2) is 0 Å². The molecule has 19 heavy (non-hydrogen) atoms. The third kappa shape index (κ3) is 4.71. The predicted octanol–water partition coefficient (Wildman–Crippen LogP) is 1.19.